The van der Waals surface area contributed by atoms with Crippen LogP contribution in [-0.2, 0) is 15.0 Å². The predicted octanol–water partition coefficient (Wildman–Crippen LogP) is 0.700. The Bertz CT molecular complexity index is 663. The Morgan fingerprint density at radius 2 is 1.88 bits per heavy atom. The van der Waals surface area contributed by atoms with Crippen molar-refractivity contribution < 1.29 is 22.6 Å². The van der Waals surface area contributed by atoms with Crippen molar-refractivity contribution in [2.45, 2.75) is 18.6 Å². The molecule has 17 heavy (non-hydrogen) atoms. The summed E-state index contributed by atoms with van der Waals surface area (Å²) in [5.41, 5.74) is -3.06. The zero-order chi connectivity index (χ0) is 17.6. The minimum Gasteiger partial charge on any atom is -0.277 e. The van der Waals surface area contributed by atoms with Crippen LogP contribution in [0.3, 0.4) is 0 Å². The van der Waals surface area contributed by atoms with E-state index in [1.165, 1.54) is 12.1 Å². The maximum atomic E-state index is 12.4. The number of carbonyl (C=O) groups is 3. The van der Waals surface area contributed by atoms with Gasteiger partial charge in [-0.15, -0.1) is 0 Å². The molecule has 5 nitrogen and oxygen atoms in total. The second-order valence-corrected chi connectivity index (χ2v) is 3.40. The highest BCUT2D eigenvalue weighted by Crippen LogP contribution is 2.30. The van der Waals surface area contributed by atoms with Crippen LogP contribution in [0.1, 0.15) is 27.0 Å². The molecule has 1 heterocycles. The summed E-state index contributed by atoms with van der Waals surface area (Å²) in [6.45, 7) is -3.33. The van der Waals surface area contributed by atoms with Crippen LogP contribution in [0.2, 0.25) is 0 Å². The van der Waals surface area contributed by atoms with Crippen molar-refractivity contribution in [2.24, 2.45) is 0 Å². The normalized spacial score (nSPS) is 25.3. The predicted molar refractivity (Wildman–Crippen MR) is 60.1 cm³/mol. The molecule has 0 spiro atoms. The molecule has 1 aromatic carbocycles. The van der Waals surface area contributed by atoms with Crippen LogP contribution in [0.25, 0.3) is 0 Å². The highest BCUT2D eigenvalue weighted by molar-refractivity contribution is 6.22. The van der Waals surface area contributed by atoms with E-state index in [2.05, 4.69) is 0 Å². The lowest BCUT2D eigenvalue weighted by molar-refractivity contribution is -0.138. The van der Waals surface area contributed by atoms with Crippen LogP contribution in [0, 0.1) is 0 Å². The second-order valence-electron chi connectivity index (χ2n) is 3.40. The van der Waals surface area contributed by atoms with Crippen molar-refractivity contribution >= 4 is 17.8 Å². The van der Waals surface area contributed by atoms with Gasteiger partial charge in [0.05, 0.1) is 1.37 Å². The first-order chi connectivity index (χ1) is 10.4. The van der Waals surface area contributed by atoms with Gasteiger partial charge in [-0.3, -0.25) is 20.2 Å². The summed E-state index contributed by atoms with van der Waals surface area (Å²) >= 11 is 0. The van der Waals surface area contributed by atoms with Crippen molar-refractivity contribution in [2.75, 3.05) is 0 Å². The maximum absolute atomic E-state index is 12.4. The third-order valence-corrected chi connectivity index (χ3v) is 2.47. The van der Waals surface area contributed by atoms with Crippen molar-refractivity contribution in [3.63, 3.8) is 0 Å². The molecule has 0 aliphatic carbocycles. The van der Waals surface area contributed by atoms with Crippen molar-refractivity contribution in [1.29, 1.82) is 0 Å². The molecule has 1 aromatic rings. The van der Waals surface area contributed by atoms with Gasteiger partial charge in [-0.25, -0.2) is 4.79 Å². The molecule has 88 valence electrons. The summed E-state index contributed by atoms with van der Waals surface area (Å²) in [6.07, 6.45) is -3.31. The Morgan fingerprint density at radius 3 is 2.41 bits per heavy atom. The lowest BCUT2D eigenvalue weighted by atomic mass is 9.75. The molecule has 1 saturated heterocycles. The van der Waals surface area contributed by atoms with E-state index in [0.29, 0.717) is 0 Å². The average molecular weight is 238 g/mol. The number of barbiturate groups is 1. The fourth-order valence-corrected chi connectivity index (χ4v) is 1.61. The van der Waals surface area contributed by atoms with Gasteiger partial charge in [0.25, 0.3) is 0 Å². The highest BCUT2D eigenvalue weighted by atomic mass is 16.2. The zero-order valence-electron chi connectivity index (χ0n) is 14.5. The third-order valence-electron chi connectivity index (χ3n) is 2.47. The zero-order valence-corrected chi connectivity index (χ0v) is 8.53. The summed E-state index contributed by atoms with van der Waals surface area (Å²) in [4.78, 5) is 36.0. The fourth-order valence-electron chi connectivity index (χ4n) is 1.61. The number of nitrogens with one attached hydrogen (secondary N) is 2. The monoisotopic (exact) mass is 238 g/mol. The van der Waals surface area contributed by atoms with Gasteiger partial charge in [-0.05, 0) is 11.9 Å². The Balaban J connectivity index is 2.80. The number of amides is 4. The molecular formula is C12H12N2O3. The van der Waals surface area contributed by atoms with Gasteiger partial charge in [-0.2, -0.15) is 0 Å². The SMILES string of the molecule is [2H]c1ccc(C2(C([2H])([2H])C([2H])([2H])[2H])C(=O)NC(=O)NC2=O)cc1. The van der Waals surface area contributed by atoms with Crippen molar-refractivity contribution in [1.82, 2.24) is 10.6 Å². The molecule has 0 radical (unpaired) electrons. The lowest BCUT2D eigenvalue weighted by Crippen LogP contribution is -2.64. The van der Waals surface area contributed by atoms with Crippen LogP contribution in [0.5, 0.6) is 0 Å². The number of benzene rings is 1. The van der Waals surface area contributed by atoms with E-state index in [4.69, 9.17) is 8.22 Å². The largest absolute Gasteiger partial charge is 0.328 e. The molecule has 0 bridgehead atoms. The molecule has 1 aliphatic rings. The van der Waals surface area contributed by atoms with E-state index in [-0.39, 0.29) is 11.6 Å². The van der Waals surface area contributed by atoms with Crippen LogP contribution in [-0.4, -0.2) is 17.8 Å². The second kappa shape index (κ2) is 4.01. The molecule has 1 fully saturated rings. The Labute approximate surface area is 107 Å². The summed E-state index contributed by atoms with van der Waals surface area (Å²) < 4.78 is 45.5. The Morgan fingerprint density at radius 1 is 1.29 bits per heavy atom. The Kier molecular flexibility index (Phi) is 1.40. The number of hydrogen-bond acceptors (Lipinski definition) is 3. The van der Waals surface area contributed by atoms with Crippen LogP contribution in [0.4, 0.5) is 4.79 Å². The molecular weight excluding hydrogens is 220 g/mol. The van der Waals surface area contributed by atoms with Crippen LogP contribution in [0.15, 0.2) is 30.3 Å². The molecule has 0 atom stereocenters. The van der Waals surface area contributed by atoms with Gasteiger partial charge in [0.15, 0.2) is 5.41 Å². The third kappa shape index (κ3) is 1.60. The first-order valence-electron chi connectivity index (χ1n) is 7.68. The summed E-state index contributed by atoms with van der Waals surface area (Å²) in [5, 5.41) is 3.49. The van der Waals surface area contributed by atoms with Crippen molar-refractivity contribution in [3.8, 4) is 0 Å². The van der Waals surface area contributed by atoms with Gasteiger partial charge in [0.2, 0.25) is 11.8 Å². The number of carbonyl (C=O) groups excluding carboxylic acids is 3. The summed E-state index contributed by atoms with van der Waals surface area (Å²) in [7, 11) is 0. The van der Waals surface area contributed by atoms with Crippen molar-refractivity contribution in [3.05, 3.63) is 35.9 Å². The van der Waals surface area contributed by atoms with Gasteiger partial charge in [0, 0.05) is 6.85 Å². The van der Waals surface area contributed by atoms with E-state index in [1.54, 1.807) is 10.6 Å². The van der Waals surface area contributed by atoms with E-state index in [0.717, 1.165) is 12.1 Å². The molecule has 1 aliphatic heterocycles. The smallest absolute Gasteiger partial charge is 0.277 e. The van der Waals surface area contributed by atoms with E-state index in [9.17, 15) is 14.4 Å². The molecule has 0 unspecified atom stereocenters. The van der Waals surface area contributed by atoms with Gasteiger partial charge in [0.1, 0.15) is 0 Å². The molecule has 2 N–H and O–H groups in total. The average Bonchev–Trinajstić information content (AvgIpc) is 2.38. The number of rotatable bonds is 2. The molecule has 0 saturated carbocycles. The minimum absolute atomic E-state index is 0.0195. The minimum atomic E-state index is -3.33. The highest BCUT2D eigenvalue weighted by Gasteiger charge is 2.50. The number of hydrogen-bond donors (Lipinski definition) is 2. The van der Waals surface area contributed by atoms with Gasteiger partial charge < -0.3 is 0 Å². The summed E-state index contributed by atoms with van der Waals surface area (Å²) in [5.74, 6) is -2.74. The van der Waals surface area contributed by atoms with Gasteiger partial charge in [-0.1, -0.05) is 37.2 Å². The molecule has 5 heteroatoms. The molecule has 4 amide bonds. The first-order valence-corrected chi connectivity index (χ1v) is 4.68. The molecule has 2 rings (SSSR count). The van der Waals surface area contributed by atoms with Gasteiger partial charge >= 0.3 is 6.03 Å². The maximum Gasteiger partial charge on any atom is 0.328 e. The fraction of sp³-hybridized carbons (Fsp3) is 0.250. The summed E-state index contributed by atoms with van der Waals surface area (Å²) in [6, 6.07) is 3.45. The topological polar surface area (TPSA) is 75.3 Å². The standard InChI is InChI=1S/C12H12N2O3/c1-2-12(8-6-4-3-5-7-8)9(15)13-11(17)14-10(12)16/h3-7H,2H2,1H3,(H2,13,14,15,16,17)/i1D3,2D2,3D. The quantitative estimate of drug-likeness (QED) is 0.745. The number of imide groups is 2. The van der Waals surface area contributed by atoms with E-state index >= 15 is 0 Å². The van der Waals surface area contributed by atoms with E-state index < -0.39 is 36.5 Å². The number of urea groups is 1. The van der Waals surface area contributed by atoms with E-state index in [1.807, 2.05) is 0 Å². The lowest BCUT2D eigenvalue weighted by Gasteiger charge is -2.33. The Hall–Kier alpha value is -2.17. The first kappa shape index (κ1) is 5.95. The van der Waals surface area contributed by atoms with Crippen LogP contribution >= 0.6 is 0 Å². The molecule has 0 aromatic heterocycles. The van der Waals surface area contributed by atoms with Crippen LogP contribution < -0.4 is 10.6 Å².